The van der Waals surface area contributed by atoms with Crippen molar-refractivity contribution < 1.29 is 14.3 Å². The van der Waals surface area contributed by atoms with Gasteiger partial charge >= 0.3 is 0 Å². The molecule has 0 saturated heterocycles. The Bertz CT molecular complexity index is 466. The molecule has 1 aromatic rings. The van der Waals surface area contributed by atoms with Crippen LogP contribution in [0.1, 0.15) is 20.8 Å². The second-order valence-electron chi connectivity index (χ2n) is 5.21. The third-order valence-corrected chi connectivity index (χ3v) is 3.02. The number of nitrogens with one attached hydrogen (secondary N) is 1. The average molecular weight is 315 g/mol. The van der Waals surface area contributed by atoms with Crippen LogP contribution in [0.4, 0.5) is 11.4 Å². The largest absolute Gasteiger partial charge is 0.397 e. The Hall–Kier alpha value is -1.30. The number of carbonyl (C=O) groups excluding carboxylic acids is 1. The summed E-state index contributed by atoms with van der Waals surface area (Å²) in [5.41, 5.74) is 6.69. The number of halogens is 1. The molecule has 0 bridgehead atoms. The third-order valence-electron chi connectivity index (χ3n) is 2.68. The van der Waals surface area contributed by atoms with Gasteiger partial charge in [-0.3, -0.25) is 4.79 Å². The van der Waals surface area contributed by atoms with Crippen LogP contribution in [-0.2, 0) is 14.3 Å². The van der Waals surface area contributed by atoms with Crippen LogP contribution >= 0.6 is 11.6 Å². The van der Waals surface area contributed by atoms with Crippen molar-refractivity contribution >= 4 is 28.9 Å². The van der Waals surface area contributed by atoms with Gasteiger partial charge in [0.1, 0.15) is 6.10 Å². The van der Waals surface area contributed by atoms with Gasteiger partial charge in [0.15, 0.2) is 0 Å². The van der Waals surface area contributed by atoms with E-state index in [1.165, 1.54) is 0 Å². The maximum atomic E-state index is 11.9. The summed E-state index contributed by atoms with van der Waals surface area (Å²) in [6.45, 7) is 7.39. The van der Waals surface area contributed by atoms with Gasteiger partial charge in [-0.2, -0.15) is 0 Å². The molecule has 0 aliphatic heterocycles. The Morgan fingerprint density at radius 2 is 2.05 bits per heavy atom. The summed E-state index contributed by atoms with van der Waals surface area (Å²) in [6.07, 6.45) is -0.565. The van der Waals surface area contributed by atoms with E-state index in [0.717, 1.165) is 0 Å². The maximum absolute atomic E-state index is 11.9. The van der Waals surface area contributed by atoms with Crippen molar-refractivity contribution in [3.63, 3.8) is 0 Å². The summed E-state index contributed by atoms with van der Waals surface area (Å²) in [4.78, 5) is 11.9. The van der Waals surface area contributed by atoms with E-state index in [1.807, 2.05) is 0 Å². The molecule has 0 saturated carbocycles. The molecular weight excluding hydrogens is 292 g/mol. The molecule has 0 radical (unpaired) electrons. The van der Waals surface area contributed by atoms with Crippen molar-refractivity contribution in [3.8, 4) is 0 Å². The number of ether oxygens (including phenoxy) is 2. The standard InChI is InChI=1S/C15H23ClN2O3/c1-10(2)9-20-6-7-21-11(3)15(19)18-12-4-5-13(16)14(17)8-12/h4-5,8,10-11H,6-7,9,17H2,1-3H3,(H,18,19). The van der Waals surface area contributed by atoms with Crippen molar-refractivity contribution in [2.75, 3.05) is 30.9 Å². The van der Waals surface area contributed by atoms with Crippen molar-refractivity contribution in [1.29, 1.82) is 0 Å². The number of carbonyl (C=O) groups is 1. The van der Waals surface area contributed by atoms with Crippen LogP contribution in [0.15, 0.2) is 18.2 Å². The van der Waals surface area contributed by atoms with E-state index in [0.29, 0.717) is 42.1 Å². The highest BCUT2D eigenvalue weighted by Gasteiger charge is 2.13. The first-order valence-electron chi connectivity index (χ1n) is 6.95. The Labute approximate surface area is 130 Å². The Balaban J connectivity index is 2.32. The van der Waals surface area contributed by atoms with E-state index in [4.69, 9.17) is 26.8 Å². The van der Waals surface area contributed by atoms with Crippen molar-refractivity contribution in [2.24, 2.45) is 5.92 Å². The molecule has 1 atom stereocenters. The second-order valence-corrected chi connectivity index (χ2v) is 5.61. The molecule has 0 heterocycles. The molecule has 0 aromatic heterocycles. The van der Waals surface area contributed by atoms with Crippen LogP contribution in [0.3, 0.4) is 0 Å². The lowest BCUT2D eigenvalue weighted by Crippen LogP contribution is -2.29. The number of nitrogen functional groups attached to an aromatic ring is 1. The second kappa shape index (κ2) is 8.87. The van der Waals surface area contributed by atoms with Gasteiger partial charge < -0.3 is 20.5 Å². The Morgan fingerprint density at radius 1 is 1.33 bits per heavy atom. The Morgan fingerprint density at radius 3 is 2.67 bits per heavy atom. The van der Waals surface area contributed by atoms with E-state index >= 15 is 0 Å². The van der Waals surface area contributed by atoms with Crippen LogP contribution in [-0.4, -0.2) is 31.8 Å². The van der Waals surface area contributed by atoms with Gasteiger partial charge in [0.25, 0.3) is 5.91 Å². The molecule has 6 heteroatoms. The third kappa shape index (κ3) is 6.80. The van der Waals surface area contributed by atoms with Crippen LogP contribution in [0.25, 0.3) is 0 Å². The summed E-state index contributed by atoms with van der Waals surface area (Å²) in [5.74, 6) is 0.252. The zero-order valence-electron chi connectivity index (χ0n) is 12.7. The molecule has 118 valence electrons. The molecule has 0 spiro atoms. The number of amides is 1. The van der Waals surface area contributed by atoms with E-state index in [2.05, 4.69) is 19.2 Å². The predicted molar refractivity (Wildman–Crippen MR) is 85.6 cm³/mol. The SMILES string of the molecule is CC(C)COCCOC(C)C(=O)Nc1ccc(Cl)c(N)c1. The molecular formula is C15H23ClN2O3. The molecule has 1 unspecified atom stereocenters. The first kappa shape index (κ1) is 17.8. The van der Waals surface area contributed by atoms with Gasteiger partial charge in [-0.25, -0.2) is 0 Å². The van der Waals surface area contributed by atoms with E-state index in [-0.39, 0.29) is 5.91 Å². The monoisotopic (exact) mass is 314 g/mol. The predicted octanol–water partition coefficient (Wildman–Crippen LogP) is 2.94. The number of hydrogen-bond acceptors (Lipinski definition) is 4. The smallest absolute Gasteiger partial charge is 0.253 e. The van der Waals surface area contributed by atoms with Crippen molar-refractivity contribution in [1.82, 2.24) is 0 Å². The highest BCUT2D eigenvalue weighted by atomic mass is 35.5. The summed E-state index contributed by atoms with van der Waals surface area (Å²) < 4.78 is 10.8. The van der Waals surface area contributed by atoms with E-state index in [9.17, 15) is 4.79 Å². The summed E-state index contributed by atoms with van der Waals surface area (Å²) in [7, 11) is 0. The molecule has 1 amide bonds. The topological polar surface area (TPSA) is 73.6 Å². The van der Waals surface area contributed by atoms with Crippen molar-refractivity contribution in [2.45, 2.75) is 26.9 Å². The minimum atomic E-state index is -0.565. The maximum Gasteiger partial charge on any atom is 0.253 e. The first-order chi connectivity index (χ1) is 9.90. The number of benzene rings is 1. The first-order valence-corrected chi connectivity index (χ1v) is 7.33. The normalized spacial score (nSPS) is 12.4. The quantitative estimate of drug-likeness (QED) is 0.571. The van der Waals surface area contributed by atoms with Gasteiger partial charge in [0.05, 0.1) is 23.9 Å². The van der Waals surface area contributed by atoms with Crippen LogP contribution < -0.4 is 11.1 Å². The number of rotatable bonds is 8. The van der Waals surface area contributed by atoms with Gasteiger partial charge in [-0.15, -0.1) is 0 Å². The summed E-state index contributed by atoms with van der Waals surface area (Å²) in [5, 5.41) is 3.18. The van der Waals surface area contributed by atoms with Gasteiger partial charge in [-0.05, 0) is 31.0 Å². The molecule has 1 aromatic carbocycles. The van der Waals surface area contributed by atoms with Crippen molar-refractivity contribution in [3.05, 3.63) is 23.2 Å². The summed E-state index contributed by atoms with van der Waals surface area (Å²) >= 11 is 5.82. The summed E-state index contributed by atoms with van der Waals surface area (Å²) in [6, 6.07) is 4.94. The molecule has 0 aliphatic rings. The van der Waals surface area contributed by atoms with Crippen LogP contribution in [0.5, 0.6) is 0 Å². The van der Waals surface area contributed by atoms with Gasteiger partial charge in [-0.1, -0.05) is 25.4 Å². The Kier molecular flexibility index (Phi) is 7.50. The zero-order valence-corrected chi connectivity index (χ0v) is 13.4. The molecule has 3 N–H and O–H groups in total. The molecule has 1 rings (SSSR count). The molecule has 0 aliphatic carbocycles. The minimum Gasteiger partial charge on any atom is -0.397 e. The fourth-order valence-electron chi connectivity index (χ4n) is 1.54. The lowest BCUT2D eigenvalue weighted by Gasteiger charge is -2.14. The highest BCUT2D eigenvalue weighted by molar-refractivity contribution is 6.33. The minimum absolute atomic E-state index is 0.236. The average Bonchev–Trinajstić information content (AvgIpc) is 2.42. The lowest BCUT2D eigenvalue weighted by molar-refractivity contribution is -0.127. The van der Waals surface area contributed by atoms with Gasteiger partial charge in [0, 0.05) is 12.3 Å². The van der Waals surface area contributed by atoms with E-state index in [1.54, 1.807) is 25.1 Å². The fraction of sp³-hybridized carbons (Fsp3) is 0.533. The van der Waals surface area contributed by atoms with Crippen LogP contribution in [0.2, 0.25) is 5.02 Å². The van der Waals surface area contributed by atoms with Gasteiger partial charge in [0.2, 0.25) is 0 Å². The lowest BCUT2D eigenvalue weighted by atomic mass is 10.2. The molecule has 0 fully saturated rings. The number of anilines is 2. The molecule has 5 nitrogen and oxygen atoms in total. The van der Waals surface area contributed by atoms with E-state index < -0.39 is 6.10 Å². The molecule has 21 heavy (non-hydrogen) atoms. The van der Waals surface area contributed by atoms with Crippen LogP contribution in [0, 0.1) is 5.92 Å². The fourth-order valence-corrected chi connectivity index (χ4v) is 1.66. The zero-order chi connectivity index (χ0) is 15.8. The number of hydrogen-bond donors (Lipinski definition) is 2. The number of nitrogens with two attached hydrogens (primary N) is 1. The highest BCUT2D eigenvalue weighted by Crippen LogP contribution is 2.22.